The van der Waals surface area contributed by atoms with Gasteiger partial charge in [-0.2, -0.15) is 0 Å². The number of aryl methyl sites for hydroxylation is 1. The second kappa shape index (κ2) is 3.88. The van der Waals surface area contributed by atoms with E-state index in [1.807, 2.05) is 26.0 Å². The molecule has 2 aromatic rings. The lowest BCUT2D eigenvalue weighted by atomic mass is 9.96. The van der Waals surface area contributed by atoms with Gasteiger partial charge in [0.2, 0.25) is 0 Å². The standard InChI is InChI=1S/C15H21NO/c1-10(2)16-11(3)9-12-7-6-8-13(14(12)16)15(4,5)17/h6-10,17H,1-5H3. The molecule has 1 aromatic carbocycles. The van der Waals surface area contributed by atoms with Crippen LogP contribution in [-0.4, -0.2) is 9.67 Å². The van der Waals surface area contributed by atoms with E-state index in [1.165, 1.54) is 11.1 Å². The molecule has 2 heteroatoms. The Labute approximate surface area is 103 Å². The van der Waals surface area contributed by atoms with E-state index in [-0.39, 0.29) is 0 Å². The van der Waals surface area contributed by atoms with Crippen LogP contribution in [0.5, 0.6) is 0 Å². The van der Waals surface area contributed by atoms with Crippen LogP contribution in [0.2, 0.25) is 0 Å². The fourth-order valence-electron chi connectivity index (χ4n) is 2.58. The highest BCUT2D eigenvalue weighted by Gasteiger charge is 2.22. The molecule has 0 amide bonds. The summed E-state index contributed by atoms with van der Waals surface area (Å²) >= 11 is 0. The second-order valence-corrected chi connectivity index (χ2v) is 5.55. The van der Waals surface area contributed by atoms with Crippen LogP contribution in [0.1, 0.15) is 45.0 Å². The van der Waals surface area contributed by atoms with Crippen molar-refractivity contribution in [2.45, 2.75) is 46.3 Å². The number of para-hydroxylation sites is 1. The van der Waals surface area contributed by atoms with E-state index in [0.717, 1.165) is 11.1 Å². The van der Waals surface area contributed by atoms with Gasteiger partial charge < -0.3 is 9.67 Å². The summed E-state index contributed by atoms with van der Waals surface area (Å²) in [4.78, 5) is 0. The van der Waals surface area contributed by atoms with Crippen LogP contribution in [0.4, 0.5) is 0 Å². The highest BCUT2D eigenvalue weighted by atomic mass is 16.3. The van der Waals surface area contributed by atoms with Crippen LogP contribution in [0.3, 0.4) is 0 Å². The molecule has 0 aliphatic rings. The van der Waals surface area contributed by atoms with E-state index in [4.69, 9.17) is 0 Å². The Kier molecular flexibility index (Phi) is 2.78. The van der Waals surface area contributed by atoms with E-state index >= 15 is 0 Å². The highest BCUT2D eigenvalue weighted by Crippen LogP contribution is 2.32. The lowest BCUT2D eigenvalue weighted by molar-refractivity contribution is 0.0798. The van der Waals surface area contributed by atoms with Gasteiger partial charge in [-0.3, -0.25) is 0 Å². The summed E-state index contributed by atoms with van der Waals surface area (Å²) in [5, 5.41) is 11.5. The molecule has 17 heavy (non-hydrogen) atoms. The average molecular weight is 231 g/mol. The molecule has 92 valence electrons. The van der Waals surface area contributed by atoms with Crippen LogP contribution in [0, 0.1) is 6.92 Å². The zero-order valence-electron chi connectivity index (χ0n) is 11.3. The van der Waals surface area contributed by atoms with Crippen molar-refractivity contribution in [2.24, 2.45) is 0 Å². The third-order valence-electron chi connectivity index (χ3n) is 3.23. The number of nitrogens with zero attached hydrogens (tertiary/aromatic N) is 1. The number of aromatic nitrogens is 1. The zero-order chi connectivity index (χ0) is 12.8. The second-order valence-electron chi connectivity index (χ2n) is 5.55. The Morgan fingerprint density at radius 2 is 1.88 bits per heavy atom. The monoisotopic (exact) mass is 231 g/mol. The Morgan fingerprint density at radius 3 is 2.41 bits per heavy atom. The topological polar surface area (TPSA) is 25.2 Å². The molecule has 0 spiro atoms. The maximum Gasteiger partial charge on any atom is 0.0860 e. The molecule has 1 N–H and O–H groups in total. The van der Waals surface area contributed by atoms with Crippen molar-refractivity contribution in [3.05, 3.63) is 35.5 Å². The first-order valence-corrected chi connectivity index (χ1v) is 6.16. The Hall–Kier alpha value is -1.28. The third-order valence-corrected chi connectivity index (χ3v) is 3.23. The van der Waals surface area contributed by atoms with E-state index in [2.05, 4.69) is 37.5 Å². The van der Waals surface area contributed by atoms with Gasteiger partial charge in [-0.15, -0.1) is 0 Å². The van der Waals surface area contributed by atoms with Gasteiger partial charge in [-0.05, 0) is 40.7 Å². The highest BCUT2D eigenvalue weighted by molar-refractivity contribution is 5.85. The van der Waals surface area contributed by atoms with E-state index in [1.54, 1.807) is 0 Å². The normalized spacial score (nSPS) is 12.6. The fourth-order valence-corrected chi connectivity index (χ4v) is 2.58. The van der Waals surface area contributed by atoms with E-state index < -0.39 is 5.60 Å². The predicted molar refractivity (Wildman–Crippen MR) is 72.3 cm³/mol. The van der Waals surface area contributed by atoms with Crippen LogP contribution in [-0.2, 0) is 5.60 Å². The molecule has 2 nitrogen and oxygen atoms in total. The van der Waals surface area contributed by atoms with Crippen LogP contribution in [0.25, 0.3) is 10.9 Å². The van der Waals surface area contributed by atoms with Gasteiger partial charge in [0.25, 0.3) is 0 Å². The first kappa shape index (κ1) is 12.2. The molecule has 0 aliphatic carbocycles. The summed E-state index contributed by atoms with van der Waals surface area (Å²) in [5.74, 6) is 0. The van der Waals surface area contributed by atoms with Crippen molar-refractivity contribution in [1.82, 2.24) is 4.57 Å². The number of hydrogen-bond donors (Lipinski definition) is 1. The summed E-state index contributed by atoms with van der Waals surface area (Å²) in [7, 11) is 0. The lowest BCUT2D eigenvalue weighted by Crippen LogP contribution is -2.17. The molecular formula is C15H21NO. The van der Waals surface area contributed by atoms with Gasteiger partial charge in [0.15, 0.2) is 0 Å². The molecule has 0 bridgehead atoms. The number of fused-ring (bicyclic) bond motifs is 1. The Morgan fingerprint density at radius 1 is 1.24 bits per heavy atom. The number of hydrogen-bond acceptors (Lipinski definition) is 1. The molecule has 1 aromatic heterocycles. The van der Waals surface area contributed by atoms with Gasteiger partial charge in [-0.25, -0.2) is 0 Å². The number of benzene rings is 1. The van der Waals surface area contributed by atoms with Crippen LogP contribution < -0.4 is 0 Å². The smallest absolute Gasteiger partial charge is 0.0860 e. The Balaban J connectivity index is 2.87. The van der Waals surface area contributed by atoms with Crippen molar-refractivity contribution in [3.63, 3.8) is 0 Å². The summed E-state index contributed by atoms with van der Waals surface area (Å²) in [6.07, 6.45) is 0. The van der Waals surface area contributed by atoms with Crippen molar-refractivity contribution < 1.29 is 5.11 Å². The minimum absolute atomic E-state index is 0.399. The minimum atomic E-state index is -0.809. The minimum Gasteiger partial charge on any atom is -0.386 e. The number of aliphatic hydroxyl groups is 1. The predicted octanol–water partition coefficient (Wildman–Crippen LogP) is 3.76. The van der Waals surface area contributed by atoms with Gasteiger partial charge in [0.05, 0.1) is 11.1 Å². The molecule has 0 aliphatic heterocycles. The fraction of sp³-hybridized carbons (Fsp3) is 0.467. The molecule has 0 fully saturated rings. The summed E-state index contributed by atoms with van der Waals surface area (Å²) in [5.41, 5.74) is 2.59. The first-order chi connectivity index (χ1) is 7.82. The molecule has 1 heterocycles. The SMILES string of the molecule is Cc1cc2cccc(C(C)(C)O)c2n1C(C)C. The van der Waals surface area contributed by atoms with Gasteiger partial charge in [0.1, 0.15) is 0 Å². The van der Waals surface area contributed by atoms with Crippen molar-refractivity contribution >= 4 is 10.9 Å². The number of rotatable bonds is 2. The Bertz CT molecular complexity index is 544. The average Bonchev–Trinajstić information content (AvgIpc) is 2.51. The maximum atomic E-state index is 10.3. The van der Waals surface area contributed by atoms with Crippen molar-refractivity contribution in [1.29, 1.82) is 0 Å². The third kappa shape index (κ3) is 1.98. The van der Waals surface area contributed by atoms with Crippen LogP contribution >= 0.6 is 0 Å². The van der Waals surface area contributed by atoms with Crippen LogP contribution in [0.15, 0.2) is 24.3 Å². The molecule has 2 rings (SSSR count). The van der Waals surface area contributed by atoms with E-state index in [0.29, 0.717) is 6.04 Å². The maximum absolute atomic E-state index is 10.3. The zero-order valence-corrected chi connectivity index (χ0v) is 11.3. The van der Waals surface area contributed by atoms with Gasteiger partial charge in [-0.1, -0.05) is 18.2 Å². The first-order valence-electron chi connectivity index (χ1n) is 6.16. The quantitative estimate of drug-likeness (QED) is 0.836. The molecule has 0 saturated carbocycles. The van der Waals surface area contributed by atoms with Crippen molar-refractivity contribution in [3.8, 4) is 0 Å². The molecule has 0 atom stereocenters. The van der Waals surface area contributed by atoms with Gasteiger partial charge >= 0.3 is 0 Å². The van der Waals surface area contributed by atoms with Gasteiger partial charge in [0, 0.05) is 22.7 Å². The summed E-state index contributed by atoms with van der Waals surface area (Å²) in [6, 6.07) is 8.72. The largest absolute Gasteiger partial charge is 0.386 e. The van der Waals surface area contributed by atoms with Crippen molar-refractivity contribution in [2.75, 3.05) is 0 Å². The van der Waals surface area contributed by atoms with E-state index in [9.17, 15) is 5.11 Å². The molecule has 0 unspecified atom stereocenters. The lowest BCUT2D eigenvalue weighted by Gasteiger charge is -2.22. The molecule has 0 radical (unpaired) electrons. The molecular weight excluding hydrogens is 210 g/mol. The molecule has 0 saturated heterocycles. The summed E-state index contributed by atoms with van der Waals surface area (Å²) < 4.78 is 2.29. The summed E-state index contributed by atoms with van der Waals surface area (Å²) in [6.45, 7) is 10.2.